The minimum atomic E-state index is -2.40. The van der Waals surface area contributed by atoms with Crippen molar-refractivity contribution in [2.45, 2.75) is 0 Å². The van der Waals surface area contributed by atoms with Crippen molar-refractivity contribution in [3.05, 3.63) is 12.8 Å². The van der Waals surface area contributed by atoms with E-state index in [1.54, 1.807) is 0 Å². The molecule has 0 radical (unpaired) electrons. The van der Waals surface area contributed by atoms with Gasteiger partial charge in [-0.15, -0.1) is 4.67 Å². The second-order valence-electron chi connectivity index (χ2n) is 0.590. The number of hydrogen-bond donors (Lipinski definition) is 2. The molecular formula is C2H5O4P. The summed E-state index contributed by atoms with van der Waals surface area (Å²) < 4.78 is 3.75. The minimum Gasteiger partial charge on any atom is -0.338 e. The van der Waals surface area contributed by atoms with Gasteiger partial charge in [0, 0.05) is 0 Å². The topological polar surface area (TPSA) is 58.9 Å². The molecule has 7 heavy (non-hydrogen) atoms. The molecule has 0 heterocycles. The van der Waals surface area contributed by atoms with E-state index in [2.05, 4.69) is 16.1 Å². The van der Waals surface area contributed by atoms with Crippen LogP contribution in [-0.2, 0) is 9.56 Å². The molecule has 0 bridgehead atoms. The molecular weight excluding hydrogens is 119 g/mol. The largest absolute Gasteiger partial charge is 0.370 e. The summed E-state index contributed by atoms with van der Waals surface area (Å²) in [6.07, 6.45) is 0.946. The van der Waals surface area contributed by atoms with Crippen molar-refractivity contribution in [2.75, 3.05) is 0 Å². The van der Waals surface area contributed by atoms with Crippen LogP contribution in [-0.4, -0.2) is 9.79 Å². The molecule has 4 nitrogen and oxygen atoms in total. The van der Waals surface area contributed by atoms with Crippen LogP contribution in [0.3, 0.4) is 0 Å². The second-order valence-corrected chi connectivity index (χ2v) is 1.24. The molecule has 0 atom stereocenters. The standard InChI is InChI=1S/C2H5O4P/c1-2-5-6-7(3)4/h2-4H,1H2. The van der Waals surface area contributed by atoms with E-state index < -0.39 is 8.60 Å². The van der Waals surface area contributed by atoms with Crippen molar-refractivity contribution < 1.29 is 19.3 Å². The summed E-state index contributed by atoms with van der Waals surface area (Å²) in [5.41, 5.74) is 0. The Kier molecular flexibility index (Phi) is 3.93. The highest BCUT2D eigenvalue weighted by Gasteiger charge is 1.95. The Morgan fingerprint density at radius 1 is 1.57 bits per heavy atom. The van der Waals surface area contributed by atoms with Gasteiger partial charge in [0.2, 0.25) is 0 Å². The Morgan fingerprint density at radius 2 is 2.14 bits per heavy atom. The molecule has 0 aromatic heterocycles. The molecule has 0 aliphatic rings. The summed E-state index contributed by atoms with van der Waals surface area (Å²) in [6, 6.07) is 0. The normalized spacial score (nSPS) is 9.00. The highest BCUT2D eigenvalue weighted by molar-refractivity contribution is 7.39. The molecule has 0 saturated heterocycles. The maximum absolute atomic E-state index is 7.91. The van der Waals surface area contributed by atoms with Crippen LogP contribution in [0.2, 0.25) is 0 Å². The average molecular weight is 124 g/mol. The SMILES string of the molecule is C=COOP(O)O. The third kappa shape index (κ3) is 5.85. The molecule has 0 saturated carbocycles. The smallest absolute Gasteiger partial charge is 0.338 e. The van der Waals surface area contributed by atoms with Gasteiger partial charge in [-0.05, 0) is 0 Å². The Morgan fingerprint density at radius 3 is 2.29 bits per heavy atom. The van der Waals surface area contributed by atoms with E-state index in [9.17, 15) is 0 Å². The van der Waals surface area contributed by atoms with Gasteiger partial charge in [-0.2, -0.15) is 0 Å². The summed E-state index contributed by atoms with van der Waals surface area (Å²) in [6.45, 7) is 3.07. The zero-order chi connectivity index (χ0) is 5.70. The van der Waals surface area contributed by atoms with E-state index >= 15 is 0 Å². The Bertz CT molecular complexity index is 53.7. The lowest BCUT2D eigenvalue weighted by molar-refractivity contribution is -0.156. The summed E-state index contributed by atoms with van der Waals surface area (Å²) in [5.74, 6) is 0. The molecule has 0 aliphatic carbocycles. The third-order valence-electron chi connectivity index (χ3n) is 0.178. The molecule has 0 aromatic rings. The van der Waals surface area contributed by atoms with E-state index in [4.69, 9.17) is 9.79 Å². The van der Waals surface area contributed by atoms with Gasteiger partial charge in [-0.3, -0.25) is 0 Å². The van der Waals surface area contributed by atoms with Gasteiger partial charge in [-0.1, -0.05) is 6.58 Å². The van der Waals surface area contributed by atoms with Gasteiger partial charge in [0.05, 0.1) is 0 Å². The van der Waals surface area contributed by atoms with Crippen LogP contribution in [0, 0.1) is 0 Å². The van der Waals surface area contributed by atoms with Gasteiger partial charge in [0.1, 0.15) is 6.26 Å². The van der Waals surface area contributed by atoms with Crippen LogP contribution in [0.15, 0.2) is 12.8 Å². The van der Waals surface area contributed by atoms with Gasteiger partial charge in [0.15, 0.2) is 0 Å². The van der Waals surface area contributed by atoms with Crippen LogP contribution >= 0.6 is 8.60 Å². The van der Waals surface area contributed by atoms with E-state index in [1.165, 1.54) is 0 Å². The number of rotatable bonds is 3. The summed E-state index contributed by atoms with van der Waals surface area (Å²) in [4.78, 5) is 19.7. The first-order valence-electron chi connectivity index (χ1n) is 1.39. The Hall–Kier alpha value is -0.150. The highest BCUT2D eigenvalue weighted by atomic mass is 31.2. The maximum atomic E-state index is 7.91. The first kappa shape index (κ1) is 6.85. The zero-order valence-electron chi connectivity index (χ0n) is 3.44. The molecule has 2 N–H and O–H groups in total. The van der Waals surface area contributed by atoms with Crippen molar-refractivity contribution in [3.8, 4) is 0 Å². The highest BCUT2D eigenvalue weighted by Crippen LogP contribution is 2.23. The maximum Gasteiger partial charge on any atom is 0.370 e. The minimum absolute atomic E-state index is 0.946. The molecule has 42 valence electrons. The summed E-state index contributed by atoms with van der Waals surface area (Å²) in [7, 11) is -2.40. The third-order valence-corrected chi connectivity index (χ3v) is 0.397. The first-order chi connectivity index (χ1) is 3.27. The second kappa shape index (κ2) is 4.02. The monoisotopic (exact) mass is 124 g/mol. The van der Waals surface area contributed by atoms with Crippen LogP contribution in [0.5, 0.6) is 0 Å². The van der Waals surface area contributed by atoms with Crippen molar-refractivity contribution in [2.24, 2.45) is 0 Å². The van der Waals surface area contributed by atoms with Crippen LogP contribution in [0.1, 0.15) is 0 Å². The van der Waals surface area contributed by atoms with Crippen molar-refractivity contribution in [1.29, 1.82) is 0 Å². The molecule has 5 heteroatoms. The first-order valence-corrected chi connectivity index (χ1v) is 2.56. The quantitative estimate of drug-likeness (QED) is 0.245. The fourth-order valence-corrected chi connectivity index (χ4v) is 0.207. The summed E-state index contributed by atoms with van der Waals surface area (Å²) >= 11 is 0. The molecule has 0 spiro atoms. The Labute approximate surface area is 41.9 Å². The molecule has 0 fully saturated rings. The fraction of sp³-hybridized carbons (Fsp3) is 0. The lowest BCUT2D eigenvalue weighted by Gasteiger charge is -1.95. The van der Waals surface area contributed by atoms with Crippen molar-refractivity contribution in [3.63, 3.8) is 0 Å². The molecule has 0 rings (SSSR count). The molecule has 0 unspecified atom stereocenters. The van der Waals surface area contributed by atoms with Gasteiger partial charge >= 0.3 is 8.60 Å². The lowest BCUT2D eigenvalue weighted by atomic mass is 11.2. The predicted molar refractivity (Wildman–Crippen MR) is 23.7 cm³/mol. The van der Waals surface area contributed by atoms with Crippen LogP contribution < -0.4 is 0 Å². The predicted octanol–water partition coefficient (Wildman–Crippen LogP) is 0.290. The summed E-state index contributed by atoms with van der Waals surface area (Å²) in [5, 5.41) is 0. The molecule has 0 amide bonds. The average Bonchev–Trinajstić information content (AvgIpc) is 1.61. The van der Waals surface area contributed by atoms with E-state index in [0.717, 1.165) is 6.26 Å². The van der Waals surface area contributed by atoms with E-state index in [-0.39, 0.29) is 0 Å². The van der Waals surface area contributed by atoms with Gasteiger partial charge < -0.3 is 14.7 Å². The lowest BCUT2D eigenvalue weighted by Crippen LogP contribution is -1.77. The van der Waals surface area contributed by atoms with E-state index in [1.807, 2.05) is 0 Å². The van der Waals surface area contributed by atoms with Crippen LogP contribution in [0.4, 0.5) is 0 Å². The van der Waals surface area contributed by atoms with Crippen LogP contribution in [0.25, 0.3) is 0 Å². The Balaban J connectivity index is 2.81. The zero-order valence-corrected chi connectivity index (χ0v) is 4.34. The molecule has 0 aromatic carbocycles. The van der Waals surface area contributed by atoms with E-state index in [0.29, 0.717) is 0 Å². The molecule has 0 aliphatic heterocycles. The van der Waals surface area contributed by atoms with Gasteiger partial charge in [0.25, 0.3) is 0 Å². The van der Waals surface area contributed by atoms with Crippen molar-refractivity contribution in [1.82, 2.24) is 0 Å². The number of hydrogen-bond acceptors (Lipinski definition) is 4. The van der Waals surface area contributed by atoms with Gasteiger partial charge in [-0.25, -0.2) is 0 Å². The fourth-order valence-electron chi connectivity index (χ4n) is 0.0689. The van der Waals surface area contributed by atoms with Crippen molar-refractivity contribution >= 4 is 8.60 Å².